The van der Waals surface area contributed by atoms with Crippen LogP contribution in [0.4, 0.5) is 0 Å². The van der Waals surface area contributed by atoms with Crippen molar-refractivity contribution in [1.29, 1.82) is 0 Å². The molecule has 1 saturated heterocycles. The second-order valence-electron chi connectivity index (χ2n) is 3.62. The molecule has 0 spiro atoms. The minimum atomic E-state index is 0.581. The fourth-order valence-electron chi connectivity index (χ4n) is 2.08. The molecule has 0 radical (unpaired) electrons. The van der Waals surface area contributed by atoms with Crippen LogP contribution in [0.5, 0.6) is 0 Å². The van der Waals surface area contributed by atoms with E-state index in [-0.39, 0.29) is 0 Å². The van der Waals surface area contributed by atoms with E-state index in [1.165, 1.54) is 5.57 Å². The van der Waals surface area contributed by atoms with Gasteiger partial charge in [-0.15, -0.1) is 0 Å². The van der Waals surface area contributed by atoms with E-state index in [0.29, 0.717) is 6.04 Å². The molecule has 1 aliphatic heterocycles. The number of rotatable bonds is 2. The van der Waals surface area contributed by atoms with Crippen molar-refractivity contribution in [3.8, 4) is 0 Å². The summed E-state index contributed by atoms with van der Waals surface area (Å²) in [4.78, 5) is 12.6. The number of allylic oxidation sites excluding steroid dienone is 1. The maximum atomic E-state index is 10.2. The number of nitrogens with one attached hydrogen (secondary N) is 1. The zero-order valence-corrected chi connectivity index (χ0v) is 7.79. The van der Waals surface area contributed by atoms with Crippen molar-refractivity contribution in [2.75, 3.05) is 13.6 Å². The number of amides is 1. The third kappa shape index (κ3) is 1.52. The highest BCUT2D eigenvalue weighted by Crippen LogP contribution is 2.29. The molecule has 1 aliphatic carbocycles. The standard InChI is InChI=1S/C10H14N2O/c1-12-5-4-8-6-9(11-7-13)2-3-10(8)12/h2,6-7,10H,3-5H2,1H3,(H,11,13). The second kappa shape index (κ2) is 3.34. The van der Waals surface area contributed by atoms with Gasteiger partial charge >= 0.3 is 0 Å². The Balaban J connectivity index is 2.13. The molecule has 2 rings (SSSR count). The third-order valence-electron chi connectivity index (χ3n) is 2.84. The fraction of sp³-hybridized carbons (Fsp3) is 0.500. The van der Waals surface area contributed by atoms with Gasteiger partial charge in [-0.25, -0.2) is 0 Å². The maximum absolute atomic E-state index is 10.2. The summed E-state index contributed by atoms with van der Waals surface area (Å²) in [6.45, 7) is 1.14. The Morgan fingerprint density at radius 1 is 1.69 bits per heavy atom. The highest BCUT2D eigenvalue weighted by atomic mass is 16.1. The van der Waals surface area contributed by atoms with Crippen molar-refractivity contribution in [2.45, 2.75) is 18.9 Å². The van der Waals surface area contributed by atoms with Crippen LogP contribution in [0.3, 0.4) is 0 Å². The fourth-order valence-corrected chi connectivity index (χ4v) is 2.08. The van der Waals surface area contributed by atoms with Gasteiger partial charge in [-0.05, 0) is 31.5 Å². The van der Waals surface area contributed by atoms with Crippen LogP contribution in [-0.4, -0.2) is 30.9 Å². The molecule has 0 saturated carbocycles. The monoisotopic (exact) mass is 178 g/mol. The number of hydrogen-bond acceptors (Lipinski definition) is 2. The van der Waals surface area contributed by atoms with Crippen LogP contribution in [-0.2, 0) is 4.79 Å². The minimum absolute atomic E-state index is 0.581. The van der Waals surface area contributed by atoms with E-state index in [4.69, 9.17) is 0 Å². The van der Waals surface area contributed by atoms with Crippen LogP contribution >= 0.6 is 0 Å². The van der Waals surface area contributed by atoms with Crippen molar-refractivity contribution in [1.82, 2.24) is 10.2 Å². The molecule has 1 fully saturated rings. The van der Waals surface area contributed by atoms with Crippen molar-refractivity contribution in [3.63, 3.8) is 0 Å². The molecule has 1 atom stereocenters. The van der Waals surface area contributed by atoms with Gasteiger partial charge in [0.2, 0.25) is 6.41 Å². The average Bonchev–Trinajstić information content (AvgIpc) is 2.48. The van der Waals surface area contributed by atoms with E-state index >= 15 is 0 Å². The van der Waals surface area contributed by atoms with Gasteiger partial charge in [0.1, 0.15) is 0 Å². The van der Waals surface area contributed by atoms with E-state index in [2.05, 4.69) is 29.4 Å². The lowest BCUT2D eigenvalue weighted by Gasteiger charge is -2.22. The lowest BCUT2D eigenvalue weighted by atomic mass is 9.98. The van der Waals surface area contributed by atoms with Crippen molar-refractivity contribution in [3.05, 3.63) is 23.4 Å². The molecule has 0 bridgehead atoms. The topological polar surface area (TPSA) is 32.3 Å². The molecule has 3 nitrogen and oxygen atoms in total. The van der Waals surface area contributed by atoms with Crippen LogP contribution in [0.1, 0.15) is 12.8 Å². The van der Waals surface area contributed by atoms with Crippen LogP contribution < -0.4 is 5.32 Å². The average molecular weight is 178 g/mol. The predicted molar refractivity (Wildman–Crippen MR) is 51.0 cm³/mol. The van der Waals surface area contributed by atoms with Gasteiger partial charge in [-0.1, -0.05) is 6.08 Å². The zero-order valence-electron chi connectivity index (χ0n) is 7.79. The largest absolute Gasteiger partial charge is 0.329 e. The van der Waals surface area contributed by atoms with E-state index < -0.39 is 0 Å². The van der Waals surface area contributed by atoms with Gasteiger partial charge in [-0.3, -0.25) is 9.69 Å². The number of likely N-dealkylation sites (N-methyl/N-ethyl adjacent to an activating group) is 1. The number of nitrogens with zero attached hydrogens (tertiary/aromatic N) is 1. The summed E-state index contributed by atoms with van der Waals surface area (Å²) in [5, 5.41) is 2.70. The van der Waals surface area contributed by atoms with Gasteiger partial charge in [0.15, 0.2) is 0 Å². The van der Waals surface area contributed by atoms with Crippen LogP contribution in [0.25, 0.3) is 0 Å². The predicted octanol–water partition coefficient (Wildman–Crippen LogP) is 0.650. The summed E-state index contributed by atoms with van der Waals surface area (Å²) in [7, 11) is 2.15. The lowest BCUT2D eigenvalue weighted by Crippen LogP contribution is -2.27. The lowest BCUT2D eigenvalue weighted by molar-refractivity contribution is -0.108. The summed E-state index contributed by atoms with van der Waals surface area (Å²) in [6, 6.07) is 0.581. The SMILES string of the molecule is CN1CCC2=CC(NC=O)=CCC21. The molecule has 0 aromatic rings. The molecular weight excluding hydrogens is 164 g/mol. The van der Waals surface area contributed by atoms with Gasteiger partial charge in [-0.2, -0.15) is 0 Å². The number of fused-ring (bicyclic) bond motifs is 1. The Kier molecular flexibility index (Phi) is 2.19. The quantitative estimate of drug-likeness (QED) is 0.630. The molecule has 1 heterocycles. The van der Waals surface area contributed by atoms with Gasteiger partial charge in [0.05, 0.1) is 0 Å². The first-order valence-electron chi connectivity index (χ1n) is 4.62. The highest BCUT2D eigenvalue weighted by Gasteiger charge is 2.27. The molecule has 13 heavy (non-hydrogen) atoms. The molecule has 2 aliphatic rings. The van der Waals surface area contributed by atoms with E-state index in [1.54, 1.807) is 0 Å². The molecule has 70 valence electrons. The van der Waals surface area contributed by atoms with Gasteiger partial charge in [0.25, 0.3) is 0 Å². The van der Waals surface area contributed by atoms with Gasteiger partial charge in [0, 0.05) is 18.3 Å². The molecule has 0 aromatic heterocycles. The number of carbonyl (C=O) groups is 1. The Bertz CT molecular complexity index is 281. The first kappa shape index (κ1) is 8.51. The first-order chi connectivity index (χ1) is 6.31. The van der Waals surface area contributed by atoms with Crippen molar-refractivity contribution >= 4 is 6.41 Å². The second-order valence-corrected chi connectivity index (χ2v) is 3.62. The zero-order chi connectivity index (χ0) is 9.26. The highest BCUT2D eigenvalue weighted by molar-refractivity contribution is 5.53. The Labute approximate surface area is 78.1 Å². The van der Waals surface area contributed by atoms with Gasteiger partial charge < -0.3 is 5.32 Å². The maximum Gasteiger partial charge on any atom is 0.211 e. The van der Waals surface area contributed by atoms with E-state index in [0.717, 1.165) is 31.5 Å². The Morgan fingerprint density at radius 3 is 3.31 bits per heavy atom. The first-order valence-corrected chi connectivity index (χ1v) is 4.62. The number of hydrogen-bond donors (Lipinski definition) is 1. The van der Waals surface area contributed by atoms with Crippen LogP contribution in [0.15, 0.2) is 23.4 Å². The summed E-state index contributed by atoms with van der Waals surface area (Å²) >= 11 is 0. The summed E-state index contributed by atoms with van der Waals surface area (Å²) in [5.74, 6) is 0. The normalized spacial score (nSPS) is 27.6. The van der Waals surface area contributed by atoms with Crippen LogP contribution in [0, 0.1) is 0 Å². The van der Waals surface area contributed by atoms with Crippen molar-refractivity contribution < 1.29 is 4.79 Å². The Morgan fingerprint density at radius 2 is 2.54 bits per heavy atom. The van der Waals surface area contributed by atoms with Crippen molar-refractivity contribution in [2.24, 2.45) is 0 Å². The molecule has 3 heteroatoms. The number of carbonyl (C=O) groups excluding carboxylic acids is 1. The summed E-state index contributed by atoms with van der Waals surface area (Å²) < 4.78 is 0. The third-order valence-corrected chi connectivity index (χ3v) is 2.84. The Hall–Kier alpha value is -1.09. The summed E-state index contributed by atoms with van der Waals surface area (Å²) in [5.41, 5.74) is 2.41. The molecule has 1 N–H and O–H groups in total. The van der Waals surface area contributed by atoms with E-state index in [1.807, 2.05) is 0 Å². The van der Waals surface area contributed by atoms with E-state index in [9.17, 15) is 4.79 Å². The molecule has 0 aromatic carbocycles. The summed E-state index contributed by atoms with van der Waals surface area (Å²) in [6.07, 6.45) is 7.09. The molecule has 1 amide bonds. The smallest absolute Gasteiger partial charge is 0.211 e. The number of likely N-dealkylation sites (tertiary alicyclic amines) is 1. The van der Waals surface area contributed by atoms with Crippen LogP contribution in [0.2, 0.25) is 0 Å². The molecule has 1 unspecified atom stereocenters. The minimum Gasteiger partial charge on any atom is -0.329 e. The molecular formula is C10H14N2O.